The summed E-state index contributed by atoms with van der Waals surface area (Å²) in [6.07, 6.45) is 0. The van der Waals surface area contributed by atoms with Crippen LogP contribution in [0.5, 0.6) is 0 Å². The van der Waals surface area contributed by atoms with Crippen LogP contribution in [0.4, 0.5) is 4.39 Å². The molecule has 2 nitrogen and oxygen atoms in total. The lowest BCUT2D eigenvalue weighted by molar-refractivity contribution is 0.0521. The smallest absolute Gasteiger partial charge is 0.341 e. The van der Waals surface area contributed by atoms with Crippen LogP contribution in [-0.4, -0.2) is 12.6 Å². The van der Waals surface area contributed by atoms with Gasteiger partial charge in [0.15, 0.2) is 0 Å². The van der Waals surface area contributed by atoms with E-state index in [0.717, 1.165) is 0 Å². The predicted octanol–water partition coefficient (Wildman–Crippen LogP) is 4.98. The van der Waals surface area contributed by atoms with Gasteiger partial charge in [0.05, 0.1) is 12.2 Å². The van der Waals surface area contributed by atoms with Crippen LogP contribution < -0.4 is 0 Å². The zero-order chi connectivity index (χ0) is 14.7. The van der Waals surface area contributed by atoms with Crippen LogP contribution in [0.15, 0.2) is 36.4 Å². The van der Waals surface area contributed by atoms with Crippen molar-refractivity contribution >= 4 is 29.2 Å². The van der Waals surface area contributed by atoms with Crippen molar-refractivity contribution in [3.05, 3.63) is 57.8 Å². The molecule has 5 heteroatoms. The van der Waals surface area contributed by atoms with Gasteiger partial charge in [0.25, 0.3) is 0 Å². The Bertz CT molecular complexity index is 636. The first-order chi connectivity index (χ1) is 9.54. The van der Waals surface area contributed by atoms with Crippen molar-refractivity contribution in [2.45, 2.75) is 6.92 Å². The van der Waals surface area contributed by atoms with Gasteiger partial charge in [-0.3, -0.25) is 0 Å². The van der Waals surface area contributed by atoms with Gasteiger partial charge in [-0.25, -0.2) is 9.18 Å². The standard InChI is InChI=1S/C15H11Cl2FO2/c1-2-20-15(19)10-8-9(6-7-13(10)18)14-11(16)4-3-5-12(14)17/h3-8H,2H2,1H3. The number of halogens is 3. The second-order valence-corrected chi connectivity index (χ2v) is 4.83. The summed E-state index contributed by atoms with van der Waals surface area (Å²) >= 11 is 12.2. The number of rotatable bonds is 3. The molecule has 20 heavy (non-hydrogen) atoms. The first-order valence-electron chi connectivity index (χ1n) is 5.95. The largest absolute Gasteiger partial charge is 0.462 e. The Morgan fingerprint density at radius 3 is 2.45 bits per heavy atom. The van der Waals surface area contributed by atoms with Crippen molar-refractivity contribution in [3.63, 3.8) is 0 Å². The number of hydrogen-bond donors (Lipinski definition) is 0. The molecule has 0 aliphatic rings. The minimum absolute atomic E-state index is 0.139. The van der Waals surface area contributed by atoms with Crippen molar-refractivity contribution in [1.82, 2.24) is 0 Å². The summed E-state index contributed by atoms with van der Waals surface area (Å²) in [5.74, 6) is -1.36. The summed E-state index contributed by atoms with van der Waals surface area (Å²) in [6, 6.07) is 9.17. The van der Waals surface area contributed by atoms with E-state index in [9.17, 15) is 9.18 Å². The molecule has 0 saturated heterocycles. The normalized spacial score (nSPS) is 10.4. The Morgan fingerprint density at radius 1 is 1.20 bits per heavy atom. The third-order valence-electron chi connectivity index (χ3n) is 2.71. The number of hydrogen-bond acceptors (Lipinski definition) is 2. The molecule has 0 aromatic heterocycles. The zero-order valence-corrected chi connectivity index (χ0v) is 12.1. The van der Waals surface area contributed by atoms with Crippen molar-refractivity contribution in [1.29, 1.82) is 0 Å². The summed E-state index contributed by atoms with van der Waals surface area (Å²) in [5.41, 5.74) is 0.978. The molecule has 0 saturated carbocycles. The van der Waals surface area contributed by atoms with E-state index in [0.29, 0.717) is 21.2 Å². The van der Waals surface area contributed by atoms with Crippen LogP contribution in [0.2, 0.25) is 10.0 Å². The van der Waals surface area contributed by atoms with Crippen LogP contribution in [0.1, 0.15) is 17.3 Å². The Kier molecular flexibility index (Phi) is 4.63. The van der Waals surface area contributed by atoms with Crippen molar-refractivity contribution in [2.24, 2.45) is 0 Å². The van der Waals surface area contributed by atoms with Crippen LogP contribution >= 0.6 is 23.2 Å². The van der Waals surface area contributed by atoms with E-state index in [-0.39, 0.29) is 12.2 Å². The lowest BCUT2D eigenvalue weighted by Crippen LogP contribution is -2.07. The SMILES string of the molecule is CCOC(=O)c1cc(-c2c(Cl)cccc2Cl)ccc1F. The van der Waals surface area contributed by atoms with E-state index < -0.39 is 11.8 Å². The van der Waals surface area contributed by atoms with E-state index in [2.05, 4.69) is 0 Å². The minimum atomic E-state index is -0.713. The summed E-state index contributed by atoms with van der Waals surface area (Å²) in [7, 11) is 0. The number of esters is 1. The molecular weight excluding hydrogens is 302 g/mol. The van der Waals surface area contributed by atoms with Gasteiger partial charge in [0, 0.05) is 15.6 Å². The zero-order valence-electron chi connectivity index (χ0n) is 10.6. The van der Waals surface area contributed by atoms with Crippen LogP contribution in [0, 0.1) is 5.82 Å². The Hall–Kier alpha value is -1.58. The molecule has 0 aliphatic carbocycles. The fourth-order valence-corrected chi connectivity index (χ4v) is 2.44. The minimum Gasteiger partial charge on any atom is -0.462 e. The summed E-state index contributed by atoms with van der Waals surface area (Å²) < 4.78 is 18.5. The number of benzene rings is 2. The highest BCUT2D eigenvalue weighted by molar-refractivity contribution is 6.39. The maximum atomic E-state index is 13.7. The third kappa shape index (κ3) is 2.94. The number of carbonyl (C=O) groups is 1. The molecule has 0 aliphatic heterocycles. The molecule has 0 amide bonds. The molecular formula is C15H11Cl2FO2. The maximum absolute atomic E-state index is 13.7. The summed E-state index contributed by atoms with van der Waals surface area (Å²) in [6.45, 7) is 1.83. The van der Waals surface area contributed by atoms with Gasteiger partial charge < -0.3 is 4.74 Å². The summed E-state index contributed by atoms with van der Waals surface area (Å²) in [5, 5.41) is 0.859. The van der Waals surface area contributed by atoms with Gasteiger partial charge in [-0.2, -0.15) is 0 Å². The molecule has 2 aromatic rings. The summed E-state index contributed by atoms with van der Waals surface area (Å²) in [4.78, 5) is 11.7. The highest BCUT2D eigenvalue weighted by atomic mass is 35.5. The van der Waals surface area contributed by atoms with Crippen molar-refractivity contribution in [3.8, 4) is 11.1 Å². The van der Waals surface area contributed by atoms with Crippen molar-refractivity contribution < 1.29 is 13.9 Å². The van der Waals surface area contributed by atoms with Crippen LogP contribution in [0.3, 0.4) is 0 Å². The van der Waals surface area contributed by atoms with Gasteiger partial charge in [-0.15, -0.1) is 0 Å². The highest BCUT2D eigenvalue weighted by Gasteiger charge is 2.16. The molecule has 2 rings (SSSR count). The second kappa shape index (κ2) is 6.25. The first kappa shape index (κ1) is 14.8. The molecule has 0 bridgehead atoms. The molecule has 0 spiro atoms. The van der Waals surface area contributed by atoms with Crippen LogP contribution in [-0.2, 0) is 4.74 Å². The highest BCUT2D eigenvalue weighted by Crippen LogP contribution is 2.35. The second-order valence-electron chi connectivity index (χ2n) is 4.01. The van der Waals surface area contributed by atoms with E-state index in [4.69, 9.17) is 27.9 Å². The van der Waals surface area contributed by atoms with Gasteiger partial charge >= 0.3 is 5.97 Å². The fourth-order valence-electron chi connectivity index (χ4n) is 1.82. The van der Waals surface area contributed by atoms with Gasteiger partial charge in [0.2, 0.25) is 0 Å². The maximum Gasteiger partial charge on any atom is 0.341 e. The average molecular weight is 313 g/mol. The fraction of sp³-hybridized carbons (Fsp3) is 0.133. The Labute approximate surface area is 126 Å². The van der Waals surface area contributed by atoms with E-state index >= 15 is 0 Å². The number of carbonyl (C=O) groups excluding carboxylic acids is 1. The van der Waals surface area contributed by atoms with E-state index in [1.807, 2.05) is 0 Å². The monoisotopic (exact) mass is 312 g/mol. The Balaban J connectivity index is 2.54. The molecule has 0 unspecified atom stereocenters. The van der Waals surface area contributed by atoms with Crippen LogP contribution in [0.25, 0.3) is 11.1 Å². The topological polar surface area (TPSA) is 26.3 Å². The van der Waals surface area contributed by atoms with E-state index in [1.54, 1.807) is 25.1 Å². The molecule has 2 aromatic carbocycles. The quantitative estimate of drug-likeness (QED) is 0.747. The molecule has 0 N–H and O–H groups in total. The molecule has 0 radical (unpaired) electrons. The number of ether oxygens (including phenoxy) is 1. The van der Waals surface area contributed by atoms with Gasteiger partial charge in [0.1, 0.15) is 5.82 Å². The lowest BCUT2D eigenvalue weighted by atomic mass is 10.0. The third-order valence-corrected chi connectivity index (χ3v) is 3.34. The van der Waals surface area contributed by atoms with Gasteiger partial charge in [-0.05, 0) is 36.8 Å². The molecule has 104 valence electrons. The Morgan fingerprint density at radius 2 is 1.85 bits per heavy atom. The lowest BCUT2D eigenvalue weighted by Gasteiger charge is -2.09. The van der Waals surface area contributed by atoms with Crippen molar-refractivity contribution in [2.75, 3.05) is 6.61 Å². The average Bonchev–Trinajstić information content (AvgIpc) is 2.40. The molecule has 0 atom stereocenters. The predicted molar refractivity (Wildman–Crippen MR) is 77.8 cm³/mol. The van der Waals surface area contributed by atoms with E-state index in [1.165, 1.54) is 18.2 Å². The molecule has 0 heterocycles. The van der Waals surface area contributed by atoms with Gasteiger partial charge in [-0.1, -0.05) is 35.3 Å². The molecule has 0 fully saturated rings. The first-order valence-corrected chi connectivity index (χ1v) is 6.71.